The average molecular weight is 604 g/mol. The number of hydrogen-bond donors (Lipinski definition) is 0. The molecule has 0 heterocycles. The van der Waals surface area contributed by atoms with Crippen LogP contribution < -0.4 is 10.1 Å². The first kappa shape index (κ1) is 29.1. The van der Waals surface area contributed by atoms with Crippen LogP contribution in [0.2, 0.25) is 0 Å². The van der Waals surface area contributed by atoms with Crippen LogP contribution in [0.4, 0.5) is 52.7 Å². The second kappa shape index (κ2) is 10.5. The van der Waals surface area contributed by atoms with Crippen LogP contribution in [0.5, 0.6) is 5.75 Å². The minimum atomic E-state index is -4.88. The molecule has 1 aliphatic carbocycles. The highest BCUT2D eigenvalue weighted by Crippen LogP contribution is 2.53. The van der Waals surface area contributed by atoms with Gasteiger partial charge in [-0.3, -0.25) is 0 Å². The Balaban J connectivity index is 1.75. The average Bonchev–Trinajstić information content (AvgIpc) is 3.18. The van der Waals surface area contributed by atoms with Gasteiger partial charge >= 0.3 is 7.12 Å². The number of hydrogen-bond acceptors (Lipinski definition) is 2. The van der Waals surface area contributed by atoms with E-state index in [0.29, 0.717) is 5.56 Å². The smallest absolute Gasteiger partial charge is 0.532 e. The molecule has 4 aromatic rings. The summed E-state index contributed by atoms with van der Waals surface area (Å²) in [5.41, 5.74) is -6.23. The van der Waals surface area contributed by atoms with E-state index in [1.807, 2.05) is 0 Å². The molecule has 1 aliphatic rings. The minimum absolute atomic E-state index is 0.0165. The lowest BCUT2D eigenvalue weighted by molar-refractivity contribution is -0.0620. The van der Waals surface area contributed by atoms with E-state index in [4.69, 9.17) is 4.65 Å². The van der Waals surface area contributed by atoms with Crippen LogP contribution in [0.1, 0.15) is 11.1 Å². The predicted octanol–water partition coefficient (Wildman–Crippen LogP) is 7.84. The first-order valence-electron chi connectivity index (χ1n) is 11.4. The maximum absolute atomic E-state index is 16.1. The fraction of sp³-hybridized carbons (Fsp3) is 0.0370. The highest BCUT2D eigenvalue weighted by Gasteiger charge is 2.57. The van der Waals surface area contributed by atoms with Gasteiger partial charge in [0.2, 0.25) is 5.83 Å². The van der Waals surface area contributed by atoms with Gasteiger partial charge in [-0.1, -0.05) is 48.5 Å². The Morgan fingerprint density at radius 2 is 1.05 bits per heavy atom. The summed E-state index contributed by atoms with van der Waals surface area (Å²) in [5.74, 6) is -35.0. The molecule has 1 unspecified atom stereocenters. The minimum Gasteiger partial charge on any atom is -0.532 e. The van der Waals surface area contributed by atoms with E-state index in [0.717, 1.165) is 6.07 Å². The zero-order valence-electron chi connectivity index (χ0n) is 20.1. The number of alkyl halides is 1. The maximum Gasteiger partial charge on any atom is 0.571 e. The third-order valence-electron chi connectivity index (χ3n) is 6.24. The van der Waals surface area contributed by atoms with Crippen molar-refractivity contribution in [2.75, 3.05) is 0 Å². The van der Waals surface area contributed by atoms with Crippen molar-refractivity contribution in [3.63, 3.8) is 0 Å². The topological polar surface area (TPSA) is 18.5 Å². The standard InChI is InChI=1S/C27H9BF12O2/c29-16-13-14(18(31)22(35)21(16)34)27(40,26(39)17(13)30)42-28(15-19(32)23(36)25(38)24(37)20(15)33)41-12-9-5-4-8-11(12)10-6-2-1-3-7-10/h1-9H. The summed E-state index contributed by atoms with van der Waals surface area (Å²) in [6, 6.07) is 12.5. The van der Waals surface area contributed by atoms with Crippen molar-refractivity contribution in [2.45, 2.75) is 5.85 Å². The number of benzene rings is 4. The Morgan fingerprint density at radius 1 is 0.548 bits per heavy atom. The van der Waals surface area contributed by atoms with Crippen LogP contribution >= 0.6 is 0 Å². The largest absolute Gasteiger partial charge is 0.571 e. The number of rotatable bonds is 6. The van der Waals surface area contributed by atoms with Crippen LogP contribution in [0.15, 0.2) is 60.4 Å². The summed E-state index contributed by atoms with van der Waals surface area (Å²) in [4.78, 5) is 0. The molecule has 5 rings (SSSR count). The van der Waals surface area contributed by atoms with E-state index in [9.17, 15) is 48.3 Å². The van der Waals surface area contributed by atoms with Crippen molar-refractivity contribution in [1.29, 1.82) is 0 Å². The lowest BCUT2D eigenvalue weighted by Crippen LogP contribution is -2.49. The number of para-hydroxylation sites is 1. The van der Waals surface area contributed by atoms with Gasteiger partial charge < -0.3 is 9.31 Å². The molecule has 1 atom stereocenters. The molecule has 0 aromatic heterocycles. The lowest BCUT2D eigenvalue weighted by atomic mass is 9.76. The zero-order valence-corrected chi connectivity index (χ0v) is 20.1. The van der Waals surface area contributed by atoms with Crippen LogP contribution in [0, 0.1) is 52.4 Å². The van der Waals surface area contributed by atoms with Crippen LogP contribution in [0.3, 0.4) is 0 Å². The van der Waals surface area contributed by atoms with Gasteiger partial charge in [-0.05, 0) is 11.6 Å². The first-order valence-corrected chi connectivity index (χ1v) is 11.4. The quantitative estimate of drug-likeness (QED) is 0.0967. The lowest BCUT2D eigenvalue weighted by Gasteiger charge is -2.27. The molecule has 0 saturated carbocycles. The molecule has 216 valence electrons. The highest BCUT2D eigenvalue weighted by atomic mass is 19.2. The van der Waals surface area contributed by atoms with E-state index < -0.39 is 99.3 Å². The molecule has 2 nitrogen and oxygen atoms in total. The summed E-state index contributed by atoms with van der Waals surface area (Å²) >= 11 is 0. The van der Waals surface area contributed by atoms with Crippen LogP contribution in [0.25, 0.3) is 17.0 Å². The molecule has 4 aromatic carbocycles. The monoisotopic (exact) mass is 604 g/mol. The van der Waals surface area contributed by atoms with Gasteiger partial charge in [0, 0.05) is 5.56 Å². The molecular weight excluding hydrogens is 595 g/mol. The number of fused-ring (bicyclic) bond motifs is 1. The summed E-state index contributed by atoms with van der Waals surface area (Å²) in [6.07, 6.45) is 0. The van der Waals surface area contributed by atoms with Gasteiger partial charge in [0.1, 0.15) is 5.75 Å². The third-order valence-corrected chi connectivity index (χ3v) is 6.24. The molecule has 0 bridgehead atoms. The van der Waals surface area contributed by atoms with Gasteiger partial charge in [0.15, 0.2) is 58.2 Å². The molecule has 15 heteroatoms. The van der Waals surface area contributed by atoms with Crippen molar-refractivity contribution in [3.8, 4) is 16.9 Å². The summed E-state index contributed by atoms with van der Waals surface area (Å²) in [7, 11) is -3.30. The Bertz CT molecular complexity index is 1750. The Hall–Kier alpha value is -4.40. The summed E-state index contributed by atoms with van der Waals surface area (Å²) < 4.78 is 184. The molecular formula is C27H9BF12O2. The summed E-state index contributed by atoms with van der Waals surface area (Å²) in [5, 5.41) is 0. The molecule has 0 spiro atoms. The Kier molecular flexibility index (Phi) is 7.25. The second-order valence-corrected chi connectivity index (χ2v) is 8.64. The van der Waals surface area contributed by atoms with Gasteiger partial charge in [-0.2, -0.15) is 4.39 Å². The van der Waals surface area contributed by atoms with Crippen molar-refractivity contribution in [2.24, 2.45) is 0 Å². The summed E-state index contributed by atoms with van der Waals surface area (Å²) in [6.45, 7) is 0. The predicted molar refractivity (Wildman–Crippen MR) is 123 cm³/mol. The van der Waals surface area contributed by atoms with E-state index in [1.165, 1.54) is 42.5 Å². The van der Waals surface area contributed by atoms with Crippen molar-refractivity contribution < 1.29 is 62.0 Å². The fourth-order valence-electron chi connectivity index (χ4n) is 4.27. The normalized spacial score (nSPS) is 16.2. The van der Waals surface area contributed by atoms with Crippen molar-refractivity contribution in [3.05, 3.63) is 124 Å². The van der Waals surface area contributed by atoms with E-state index in [2.05, 4.69) is 4.65 Å². The van der Waals surface area contributed by atoms with E-state index in [1.54, 1.807) is 6.07 Å². The van der Waals surface area contributed by atoms with Gasteiger partial charge in [0.05, 0.1) is 16.6 Å². The molecule has 0 aliphatic heterocycles. The molecule has 0 amide bonds. The van der Waals surface area contributed by atoms with E-state index >= 15 is 4.39 Å². The molecule has 0 radical (unpaired) electrons. The van der Waals surface area contributed by atoms with E-state index in [-0.39, 0.29) is 5.56 Å². The molecule has 0 N–H and O–H groups in total. The molecule has 0 saturated heterocycles. The van der Waals surface area contributed by atoms with Gasteiger partial charge in [0.25, 0.3) is 5.85 Å². The highest BCUT2D eigenvalue weighted by molar-refractivity contribution is 6.62. The molecule has 0 fully saturated rings. The Morgan fingerprint density at radius 3 is 1.67 bits per heavy atom. The van der Waals surface area contributed by atoms with Gasteiger partial charge in [-0.15, -0.1) is 0 Å². The Labute approximate surface area is 227 Å². The van der Waals surface area contributed by atoms with Crippen LogP contribution in [-0.2, 0) is 10.5 Å². The maximum atomic E-state index is 16.1. The van der Waals surface area contributed by atoms with Crippen molar-refractivity contribution >= 4 is 18.4 Å². The second-order valence-electron chi connectivity index (χ2n) is 8.64. The molecule has 42 heavy (non-hydrogen) atoms. The zero-order chi connectivity index (χ0) is 30.7. The first-order chi connectivity index (χ1) is 19.8. The van der Waals surface area contributed by atoms with Gasteiger partial charge in [-0.25, -0.2) is 48.3 Å². The third kappa shape index (κ3) is 4.30. The van der Waals surface area contributed by atoms with Crippen molar-refractivity contribution in [1.82, 2.24) is 0 Å². The SMILES string of the molecule is FC1=C(F)C(F)(OB(Oc2ccccc2-c2ccccc2)c2c(F)c(F)c(F)c(F)c2F)c2c(F)c(F)c(F)c(F)c21. The van der Waals surface area contributed by atoms with Crippen LogP contribution in [-0.4, -0.2) is 7.12 Å². The number of halogens is 12. The fourth-order valence-corrected chi connectivity index (χ4v) is 4.27.